The van der Waals surface area contributed by atoms with E-state index < -0.39 is 0 Å². The first-order valence-electron chi connectivity index (χ1n) is 3.30. The molecule has 68 valence electrons. The van der Waals surface area contributed by atoms with E-state index in [9.17, 15) is 0 Å². The van der Waals surface area contributed by atoms with Crippen LogP contribution in [-0.4, -0.2) is 7.11 Å². The quantitative estimate of drug-likeness (QED) is 0.808. The average molecular weight is 208 g/mol. The van der Waals surface area contributed by atoms with Gasteiger partial charge in [0, 0.05) is 11.6 Å². The number of halogens is 2. The summed E-state index contributed by atoms with van der Waals surface area (Å²) in [5, 5.41) is 0.659. The minimum absolute atomic E-state index is 0. The lowest BCUT2D eigenvalue weighted by Gasteiger charge is -2.03. The van der Waals surface area contributed by atoms with E-state index in [0.717, 1.165) is 11.3 Å². The zero-order valence-electron chi connectivity index (χ0n) is 6.71. The first-order valence-corrected chi connectivity index (χ1v) is 3.68. The highest BCUT2D eigenvalue weighted by Crippen LogP contribution is 2.21. The number of methoxy groups -OCH3 is 1. The summed E-state index contributed by atoms with van der Waals surface area (Å²) in [5.74, 6) is 0.757. The van der Waals surface area contributed by atoms with Gasteiger partial charge in [0.2, 0.25) is 0 Å². The summed E-state index contributed by atoms with van der Waals surface area (Å²) in [6, 6.07) is 5.46. The molecule has 0 amide bonds. The Morgan fingerprint density at radius 1 is 1.50 bits per heavy atom. The minimum Gasteiger partial charge on any atom is -0.497 e. The number of nitrogens with two attached hydrogens (primary N) is 1. The van der Waals surface area contributed by atoms with Gasteiger partial charge in [-0.15, -0.1) is 12.4 Å². The van der Waals surface area contributed by atoms with E-state index in [1.54, 1.807) is 13.2 Å². The van der Waals surface area contributed by atoms with Gasteiger partial charge < -0.3 is 10.5 Å². The van der Waals surface area contributed by atoms with Crippen LogP contribution in [0.15, 0.2) is 18.2 Å². The van der Waals surface area contributed by atoms with Crippen molar-refractivity contribution in [3.63, 3.8) is 0 Å². The predicted molar refractivity (Wildman–Crippen MR) is 53.1 cm³/mol. The molecule has 0 radical (unpaired) electrons. The van der Waals surface area contributed by atoms with Crippen molar-refractivity contribution in [2.45, 2.75) is 6.54 Å². The lowest BCUT2D eigenvalue weighted by atomic mass is 10.2. The lowest BCUT2D eigenvalue weighted by Crippen LogP contribution is -1.96. The molecule has 0 atom stereocenters. The zero-order chi connectivity index (χ0) is 8.27. The summed E-state index contributed by atoms with van der Waals surface area (Å²) in [6.45, 7) is 0.461. The number of hydrogen-bond donors (Lipinski definition) is 1. The molecule has 0 aliphatic heterocycles. The Labute approximate surface area is 83.1 Å². The van der Waals surface area contributed by atoms with Gasteiger partial charge >= 0.3 is 0 Å². The SMILES string of the molecule is COc1ccc(CN)c(Cl)c1.Cl. The first-order chi connectivity index (χ1) is 5.27. The Morgan fingerprint density at radius 2 is 2.17 bits per heavy atom. The second-order valence-electron chi connectivity index (χ2n) is 2.16. The maximum absolute atomic E-state index is 5.85. The molecule has 0 aliphatic rings. The van der Waals surface area contributed by atoms with E-state index in [4.69, 9.17) is 22.1 Å². The van der Waals surface area contributed by atoms with Gasteiger partial charge in [-0.1, -0.05) is 17.7 Å². The Kier molecular flexibility index (Phi) is 5.06. The average Bonchev–Trinajstić information content (AvgIpc) is 2.04. The molecule has 1 aromatic carbocycles. The second kappa shape index (κ2) is 5.25. The molecule has 0 unspecified atom stereocenters. The topological polar surface area (TPSA) is 35.2 Å². The fourth-order valence-corrected chi connectivity index (χ4v) is 1.07. The van der Waals surface area contributed by atoms with E-state index in [1.165, 1.54) is 0 Å². The van der Waals surface area contributed by atoms with E-state index in [-0.39, 0.29) is 12.4 Å². The van der Waals surface area contributed by atoms with Crippen LogP contribution >= 0.6 is 24.0 Å². The molecule has 4 heteroatoms. The standard InChI is InChI=1S/C8H10ClNO.ClH/c1-11-7-3-2-6(5-10)8(9)4-7;/h2-4H,5,10H2,1H3;1H. The van der Waals surface area contributed by atoms with Crippen molar-refractivity contribution >= 4 is 24.0 Å². The number of rotatable bonds is 2. The van der Waals surface area contributed by atoms with Crippen LogP contribution in [0.5, 0.6) is 5.75 Å². The Bertz CT molecular complexity index is 253. The van der Waals surface area contributed by atoms with Gasteiger partial charge in [0.15, 0.2) is 0 Å². The van der Waals surface area contributed by atoms with Gasteiger partial charge in [-0.25, -0.2) is 0 Å². The van der Waals surface area contributed by atoms with E-state index in [2.05, 4.69) is 0 Å². The largest absolute Gasteiger partial charge is 0.497 e. The van der Waals surface area contributed by atoms with Crippen molar-refractivity contribution in [3.05, 3.63) is 28.8 Å². The molecular weight excluding hydrogens is 197 g/mol. The third-order valence-corrected chi connectivity index (χ3v) is 1.83. The molecule has 1 aromatic rings. The molecule has 0 fully saturated rings. The van der Waals surface area contributed by atoms with Gasteiger partial charge in [0.1, 0.15) is 5.75 Å². The maximum atomic E-state index is 5.85. The molecule has 0 saturated carbocycles. The molecule has 0 aromatic heterocycles. The number of hydrogen-bond acceptors (Lipinski definition) is 2. The van der Waals surface area contributed by atoms with Gasteiger partial charge in [0.05, 0.1) is 7.11 Å². The molecule has 0 saturated heterocycles. The van der Waals surface area contributed by atoms with E-state index >= 15 is 0 Å². The minimum atomic E-state index is 0. The van der Waals surface area contributed by atoms with Crippen molar-refractivity contribution in [2.24, 2.45) is 5.73 Å². The van der Waals surface area contributed by atoms with E-state index in [0.29, 0.717) is 11.6 Å². The van der Waals surface area contributed by atoms with Crippen molar-refractivity contribution in [3.8, 4) is 5.75 Å². The molecule has 0 spiro atoms. The highest BCUT2D eigenvalue weighted by atomic mass is 35.5. The highest BCUT2D eigenvalue weighted by Gasteiger charge is 1.98. The Balaban J connectivity index is 0.00000121. The molecule has 12 heavy (non-hydrogen) atoms. The number of ether oxygens (including phenoxy) is 1. The van der Waals surface area contributed by atoms with Gasteiger partial charge in [-0.2, -0.15) is 0 Å². The van der Waals surface area contributed by atoms with Crippen LogP contribution < -0.4 is 10.5 Å². The monoisotopic (exact) mass is 207 g/mol. The molecule has 2 nitrogen and oxygen atoms in total. The summed E-state index contributed by atoms with van der Waals surface area (Å²) in [7, 11) is 1.60. The van der Waals surface area contributed by atoms with Crippen LogP contribution in [0, 0.1) is 0 Å². The van der Waals surface area contributed by atoms with Gasteiger partial charge in [-0.05, 0) is 17.7 Å². The maximum Gasteiger partial charge on any atom is 0.120 e. The Hall–Kier alpha value is -0.440. The van der Waals surface area contributed by atoms with Crippen LogP contribution in [0.4, 0.5) is 0 Å². The van der Waals surface area contributed by atoms with Crippen molar-refractivity contribution < 1.29 is 4.74 Å². The molecule has 0 aliphatic carbocycles. The van der Waals surface area contributed by atoms with Crippen molar-refractivity contribution in [1.29, 1.82) is 0 Å². The Morgan fingerprint density at radius 3 is 2.58 bits per heavy atom. The first kappa shape index (κ1) is 11.6. The molecule has 1 rings (SSSR count). The van der Waals surface area contributed by atoms with Gasteiger partial charge in [0.25, 0.3) is 0 Å². The zero-order valence-corrected chi connectivity index (χ0v) is 8.28. The van der Waals surface area contributed by atoms with Crippen LogP contribution in [-0.2, 0) is 6.54 Å². The fraction of sp³-hybridized carbons (Fsp3) is 0.250. The predicted octanol–water partition coefficient (Wildman–Crippen LogP) is 2.23. The lowest BCUT2D eigenvalue weighted by molar-refractivity contribution is 0.414. The summed E-state index contributed by atoms with van der Waals surface area (Å²) in [4.78, 5) is 0. The summed E-state index contributed by atoms with van der Waals surface area (Å²) < 4.78 is 4.97. The van der Waals surface area contributed by atoms with Crippen LogP contribution in [0.25, 0.3) is 0 Å². The van der Waals surface area contributed by atoms with Crippen molar-refractivity contribution in [2.75, 3.05) is 7.11 Å². The van der Waals surface area contributed by atoms with Gasteiger partial charge in [-0.3, -0.25) is 0 Å². The fourth-order valence-electron chi connectivity index (χ4n) is 0.821. The third kappa shape index (κ3) is 2.55. The van der Waals surface area contributed by atoms with Crippen LogP contribution in [0.3, 0.4) is 0 Å². The molecule has 0 bridgehead atoms. The van der Waals surface area contributed by atoms with E-state index in [1.807, 2.05) is 12.1 Å². The number of benzene rings is 1. The molecule has 0 heterocycles. The summed E-state index contributed by atoms with van der Waals surface area (Å²) in [6.07, 6.45) is 0. The normalized spacial score (nSPS) is 8.92. The highest BCUT2D eigenvalue weighted by molar-refractivity contribution is 6.31. The van der Waals surface area contributed by atoms with Crippen molar-refractivity contribution in [1.82, 2.24) is 0 Å². The summed E-state index contributed by atoms with van der Waals surface area (Å²) in [5.41, 5.74) is 6.35. The molecular formula is C8H11Cl2NO. The smallest absolute Gasteiger partial charge is 0.120 e. The van der Waals surface area contributed by atoms with Crippen LogP contribution in [0.1, 0.15) is 5.56 Å². The second-order valence-corrected chi connectivity index (χ2v) is 2.57. The molecule has 2 N–H and O–H groups in total. The summed E-state index contributed by atoms with van der Waals surface area (Å²) >= 11 is 5.85. The third-order valence-electron chi connectivity index (χ3n) is 1.48. The van der Waals surface area contributed by atoms with Crippen LogP contribution in [0.2, 0.25) is 5.02 Å².